The highest BCUT2D eigenvalue weighted by Crippen LogP contribution is 2.45. The maximum Gasteiger partial charge on any atom is 0.416 e. The van der Waals surface area contributed by atoms with Gasteiger partial charge in [0.15, 0.2) is 0 Å². The Kier molecular flexibility index (Phi) is 8.97. The quantitative estimate of drug-likeness (QED) is 0.412. The van der Waals surface area contributed by atoms with Gasteiger partial charge in [0.25, 0.3) is 0 Å². The molecule has 4 atom stereocenters. The summed E-state index contributed by atoms with van der Waals surface area (Å²) in [6.07, 6.45) is 5.43. The topological polar surface area (TPSA) is 109 Å². The lowest BCUT2D eigenvalue weighted by Crippen LogP contribution is -2.43. The third-order valence-corrected chi connectivity index (χ3v) is 7.63. The largest absolute Gasteiger partial charge is 0.491 e. The summed E-state index contributed by atoms with van der Waals surface area (Å²) in [5.74, 6) is 0.871. The second-order valence-corrected chi connectivity index (χ2v) is 10.8. The minimum absolute atomic E-state index is 0.00465. The summed E-state index contributed by atoms with van der Waals surface area (Å²) in [6, 6.07) is 14.5. The Bertz CT molecular complexity index is 1350. The van der Waals surface area contributed by atoms with Gasteiger partial charge in [-0.1, -0.05) is 53.6 Å². The van der Waals surface area contributed by atoms with Gasteiger partial charge in [-0.05, 0) is 54.8 Å². The molecule has 2 aromatic carbocycles. The number of carbonyl (C=O) groups is 2. The van der Waals surface area contributed by atoms with Crippen LogP contribution < -0.4 is 20.1 Å². The molecule has 1 aliphatic carbocycles. The summed E-state index contributed by atoms with van der Waals surface area (Å²) in [4.78, 5) is 26.8. The lowest BCUT2D eigenvalue weighted by Gasteiger charge is -2.37. The minimum atomic E-state index is -0.882. The molecule has 0 saturated heterocycles. The fourth-order valence-electron chi connectivity index (χ4n) is 5.36. The molecule has 0 bridgehead atoms. The number of amides is 2. The number of ether oxygens (including phenoxy) is 3. The van der Waals surface area contributed by atoms with Crippen LogP contribution in [-0.4, -0.2) is 67.6 Å². The molecule has 41 heavy (non-hydrogen) atoms. The van der Waals surface area contributed by atoms with Crippen molar-refractivity contribution in [3.8, 4) is 11.5 Å². The number of benzene rings is 2. The fourth-order valence-corrected chi connectivity index (χ4v) is 5.56. The molecule has 2 aliphatic heterocycles. The third kappa shape index (κ3) is 6.75. The SMILES string of the molecule is COCC(=O)NCC(O)COc1ccc(C2C3=C(CCN2C(=O)Oc2ccc(C)cc2)C2C=C(Cl)C=CC2N3)cc1. The number of halogens is 1. The van der Waals surface area contributed by atoms with Crippen LogP contribution in [-0.2, 0) is 9.53 Å². The Morgan fingerprint density at radius 2 is 1.88 bits per heavy atom. The van der Waals surface area contributed by atoms with Crippen LogP contribution in [0.25, 0.3) is 0 Å². The van der Waals surface area contributed by atoms with Crippen molar-refractivity contribution < 1.29 is 28.9 Å². The van der Waals surface area contributed by atoms with Crippen LogP contribution in [0.2, 0.25) is 0 Å². The number of methoxy groups -OCH3 is 1. The Labute approximate surface area is 244 Å². The van der Waals surface area contributed by atoms with Gasteiger partial charge in [-0.2, -0.15) is 0 Å². The van der Waals surface area contributed by atoms with Crippen molar-refractivity contribution in [1.82, 2.24) is 15.5 Å². The van der Waals surface area contributed by atoms with E-state index in [1.54, 1.807) is 17.0 Å². The molecule has 2 amide bonds. The first-order chi connectivity index (χ1) is 19.8. The number of allylic oxidation sites excluding steroid dienone is 2. The van der Waals surface area contributed by atoms with Gasteiger partial charge in [-0.15, -0.1) is 0 Å². The molecule has 9 nitrogen and oxygen atoms in total. The molecule has 2 aromatic rings. The first-order valence-corrected chi connectivity index (χ1v) is 14.0. The van der Waals surface area contributed by atoms with Crippen molar-refractivity contribution in [2.75, 3.05) is 33.4 Å². The zero-order valence-corrected chi connectivity index (χ0v) is 23.8. The number of nitrogens with one attached hydrogen (secondary N) is 2. The average Bonchev–Trinajstić information content (AvgIpc) is 3.34. The highest BCUT2D eigenvalue weighted by Gasteiger charge is 2.43. The van der Waals surface area contributed by atoms with E-state index in [4.69, 9.17) is 25.8 Å². The number of nitrogens with zero attached hydrogens (tertiary/aromatic N) is 1. The molecule has 3 N–H and O–H groups in total. The summed E-state index contributed by atoms with van der Waals surface area (Å²) in [5.41, 5.74) is 4.19. The normalized spacial score (nSPS) is 21.8. The predicted molar refractivity (Wildman–Crippen MR) is 155 cm³/mol. The van der Waals surface area contributed by atoms with Crippen LogP contribution in [0.5, 0.6) is 11.5 Å². The van der Waals surface area contributed by atoms with Crippen molar-refractivity contribution in [2.24, 2.45) is 5.92 Å². The number of aliphatic hydroxyl groups is 1. The molecule has 10 heteroatoms. The molecule has 0 saturated carbocycles. The van der Waals surface area contributed by atoms with E-state index in [1.807, 2.05) is 49.4 Å². The minimum Gasteiger partial charge on any atom is -0.491 e. The highest BCUT2D eigenvalue weighted by molar-refractivity contribution is 6.31. The maximum absolute atomic E-state index is 13.5. The lowest BCUT2D eigenvalue weighted by molar-refractivity contribution is -0.125. The average molecular weight is 580 g/mol. The van der Waals surface area contributed by atoms with E-state index in [0.29, 0.717) is 29.5 Å². The molecule has 0 fully saturated rings. The number of hydrogen-bond donors (Lipinski definition) is 3. The number of carbonyl (C=O) groups excluding carboxylic acids is 2. The van der Waals surface area contributed by atoms with Crippen molar-refractivity contribution in [3.05, 3.63) is 94.2 Å². The van der Waals surface area contributed by atoms with E-state index >= 15 is 0 Å². The van der Waals surface area contributed by atoms with Crippen LogP contribution in [0, 0.1) is 12.8 Å². The van der Waals surface area contributed by atoms with Crippen molar-refractivity contribution in [1.29, 1.82) is 0 Å². The molecular formula is C31H34ClN3O6. The molecule has 5 rings (SSSR count). The maximum atomic E-state index is 13.5. The van der Waals surface area contributed by atoms with Crippen molar-refractivity contribution in [2.45, 2.75) is 31.5 Å². The molecule has 4 unspecified atom stereocenters. The standard InChI is InChI=1S/C31H34ClN3O6/c1-19-3-8-24(9-4-19)41-31(38)35-14-13-25-26-15-21(32)7-12-27(26)34-29(25)30(35)20-5-10-23(11-6-20)40-17-22(36)16-33-28(37)18-39-2/h3-12,15,22,26-27,30,34,36H,13-14,16-18H2,1-2H3,(H,33,37). The van der Waals surface area contributed by atoms with Gasteiger partial charge < -0.3 is 30.0 Å². The lowest BCUT2D eigenvalue weighted by atomic mass is 9.85. The number of aliphatic hydroxyl groups excluding tert-OH is 1. The van der Waals surface area contributed by atoms with Gasteiger partial charge in [0.2, 0.25) is 5.91 Å². The van der Waals surface area contributed by atoms with E-state index < -0.39 is 18.2 Å². The number of rotatable bonds is 9. The summed E-state index contributed by atoms with van der Waals surface area (Å²) in [7, 11) is 1.43. The second-order valence-electron chi connectivity index (χ2n) is 10.3. The first-order valence-electron chi connectivity index (χ1n) is 13.6. The Morgan fingerprint density at radius 3 is 2.61 bits per heavy atom. The monoisotopic (exact) mass is 579 g/mol. The predicted octanol–water partition coefficient (Wildman–Crippen LogP) is 3.98. The van der Waals surface area contributed by atoms with Gasteiger partial charge in [0.1, 0.15) is 36.9 Å². The summed E-state index contributed by atoms with van der Waals surface area (Å²) in [6.45, 7) is 2.46. The van der Waals surface area contributed by atoms with Crippen LogP contribution in [0.4, 0.5) is 4.79 Å². The van der Waals surface area contributed by atoms with Crippen LogP contribution in [0.1, 0.15) is 23.6 Å². The Hall–Kier alpha value is -3.79. The molecule has 216 valence electrons. The summed E-state index contributed by atoms with van der Waals surface area (Å²) in [5, 5.41) is 17.1. The first kappa shape index (κ1) is 28.7. The summed E-state index contributed by atoms with van der Waals surface area (Å²) < 4.78 is 16.3. The fraction of sp³-hybridized carbons (Fsp3) is 0.355. The molecule has 0 spiro atoms. The number of hydrogen-bond acceptors (Lipinski definition) is 7. The summed E-state index contributed by atoms with van der Waals surface area (Å²) >= 11 is 6.35. The highest BCUT2D eigenvalue weighted by atomic mass is 35.5. The molecule has 0 radical (unpaired) electrons. The van der Waals surface area contributed by atoms with E-state index in [9.17, 15) is 14.7 Å². The van der Waals surface area contributed by atoms with E-state index in [2.05, 4.69) is 22.8 Å². The number of fused-ring (bicyclic) bond motifs is 2. The third-order valence-electron chi connectivity index (χ3n) is 7.38. The number of aryl methyl sites for hydroxylation is 1. The molecule has 3 aliphatic rings. The zero-order valence-electron chi connectivity index (χ0n) is 23.0. The van der Waals surface area contributed by atoms with E-state index in [1.165, 1.54) is 12.7 Å². The van der Waals surface area contributed by atoms with Crippen LogP contribution >= 0.6 is 11.6 Å². The van der Waals surface area contributed by atoms with Crippen LogP contribution in [0.3, 0.4) is 0 Å². The Balaban J connectivity index is 1.33. The molecular weight excluding hydrogens is 546 g/mol. The smallest absolute Gasteiger partial charge is 0.416 e. The van der Waals surface area contributed by atoms with Gasteiger partial charge in [-0.25, -0.2) is 4.79 Å². The van der Waals surface area contributed by atoms with Gasteiger partial charge in [0.05, 0.1) is 6.04 Å². The van der Waals surface area contributed by atoms with E-state index in [-0.39, 0.29) is 37.6 Å². The van der Waals surface area contributed by atoms with Crippen LogP contribution in [0.15, 0.2) is 83.1 Å². The molecule has 2 heterocycles. The second kappa shape index (κ2) is 12.8. The van der Waals surface area contributed by atoms with Gasteiger partial charge in [0, 0.05) is 36.8 Å². The van der Waals surface area contributed by atoms with Crippen molar-refractivity contribution >= 4 is 23.6 Å². The Morgan fingerprint density at radius 1 is 1.15 bits per heavy atom. The molecule has 0 aromatic heterocycles. The zero-order chi connectivity index (χ0) is 28.9. The van der Waals surface area contributed by atoms with Crippen molar-refractivity contribution in [3.63, 3.8) is 0 Å². The van der Waals surface area contributed by atoms with E-state index in [0.717, 1.165) is 16.8 Å². The van der Waals surface area contributed by atoms with Gasteiger partial charge in [-0.3, -0.25) is 9.69 Å². The van der Waals surface area contributed by atoms with Gasteiger partial charge >= 0.3 is 6.09 Å².